The van der Waals surface area contributed by atoms with Crippen molar-refractivity contribution in [3.63, 3.8) is 0 Å². The summed E-state index contributed by atoms with van der Waals surface area (Å²) in [6, 6.07) is 10.9. The number of rotatable bonds is 7. The first-order valence-corrected chi connectivity index (χ1v) is 9.16. The van der Waals surface area contributed by atoms with E-state index in [4.69, 9.17) is 0 Å². The Morgan fingerprint density at radius 1 is 1.35 bits per heavy atom. The summed E-state index contributed by atoms with van der Waals surface area (Å²) in [7, 11) is 0. The van der Waals surface area contributed by atoms with E-state index in [1.807, 2.05) is 24.4 Å². The number of carbonyl (C=O) groups is 1. The Bertz CT molecular complexity index is 662. The van der Waals surface area contributed by atoms with Gasteiger partial charge in [-0.3, -0.25) is 4.79 Å². The van der Waals surface area contributed by atoms with Crippen molar-refractivity contribution in [2.24, 2.45) is 5.92 Å². The normalized spacial score (nSPS) is 14.2. The Labute approximate surface area is 141 Å². The molecule has 1 aliphatic carbocycles. The number of imidazole rings is 1. The van der Waals surface area contributed by atoms with E-state index in [1.54, 1.807) is 0 Å². The first-order chi connectivity index (χ1) is 11.1. The van der Waals surface area contributed by atoms with Gasteiger partial charge in [-0.05, 0) is 24.3 Å². The monoisotopic (exact) mass is 329 g/mol. The molecule has 0 radical (unpaired) electrons. The number of hydrogen-bond donors (Lipinski definition) is 1. The number of carbonyl (C=O) groups excluding carboxylic acids is 1. The molecule has 4 nitrogen and oxygen atoms in total. The number of amides is 1. The Morgan fingerprint density at radius 3 is 2.74 bits per heavy atom. The highest BCUT2D eigenvalue weighted by Crippen LogP contribution is 2.41. The largest absolute Gasteiger partial charge is 0.355 e. The first kappa shape index (κ1) is 16.1. The third-order valence-corrected chi connectivity index (χ3v) is 4.75. The predicted octanol–water partition coefficient (Wildman–Crippen LogP) is 3.75. The molecule has 0 saturated heterocycles. The van der Waals surface area contributed by atoms with Gasteiger partial charge in [0.2, 0.25) is 5.91 Å². The molecular weight excluding hydrogens is 306 g/mol. The lowest BCUT2D eigenvalue weighted by atomic mass is 10.2. The summed E-state index contributed by atoms with van der Waals surface area (Å²) in [6.07, 6.45) is 4.33. The maximum Gasteiger partial charge on any atom is 0.230 e. The second-order valence-electron chi connectivity index (χ2n) is 6.38. The van der Waals surface area contributed by atoms with Gasteiger partial charge in [-0.2, -0.15) is 0 Å². The lowest BCUT2D eigenvalue weighted by Crippen LogP contribution is -2.28. The number of hydrogen-bond acceptors (Lipinski definition) is 3. The van der Waals surface area contributed by atoms with Crippen LogP contribution in [-0.2, 0) is 4.79 Å². The zero-order valence-corrected chi connectivity index (χ0v) is 14.5. The first-order valence-electron chi connectivity index (χ1n) is 8.17. The molecule has 1 saturated carbocycles. The molecule has 1 fully saturated rings. The summed E-state index contributed by atoms with van der Waals surface area (Å²) < 4.78 is 2.30. The lowest BCUT2D eigenvalue weighted by Gasteiger charge is -2.11. The van der Waals surface area contributed by atoms with Crippen LogP contribution in [0.4, 0.5) is 0 Å². The fourth-order valence-electron chi connectivity index (χ4n) is 2.46. The predicted molar refractivity (Wildman–Crippen MR) is 94.5 cm³/mol. The van der Waals surface area contributed by atoms with Crippen molar-refractivity contribution in [2.45, 2.75) is 37.9 Å². The van der Waals surface area contributed by atoms with Gasteiger partial charge < -0.3 is 9.88 Å². The Hall–Kier alpha value is -1.75. The Morgan fingerprint density at radius 2 is 2.09 bits per heavy atom. The van der Waals surface area contributed by atoms with E-state index in [-0.39, 0.29) is 5.91 Å². The van der Waals surface area contributed by atoms with Crippen molar-refractivity contribution in [3.05, 3.63) is 36.5 Å². The number of nitrogens with one attached hydrogen (secondary N) is 1. The maximum atomic E-state index is 11.9. The molecule has 1 aromatic carbocycles. The highest BCUT2D eigenvalue weighted by molar-refractivity contribution is 7.99. The van der Waals surface area contributed by atoms with Crippen molar-refractivity contribution < 1.29 is 4.79 Å². The summed E-state index contributed by atoms with van der Waals surface area (Å²) >= 11 is 1.53. The van der Waals surface area contributed by atoms with E-state index >= 15 is 0 Å². The SMILES string of the molecule is CC(C)CNC(=O)CSc1ncc(-c2ccccc2)n1C1CC1. The molecule has 1 amide bonds. The molecule has 1 heterocycles. The molecule has 0 spiro atoms. The third-order valence-electron chi connectivity index (χ3n) is 3.78. The minimum atomic E-state index is 0.0790. The molecule has 0 atom stereocenters. The molecule has 0 bridgehead atoms. The minimum absolute atomic E-state index is 0.0790. The van der Waals surface area contributed by atoms with Crippen molar-refractivity contribution >= 4 is 17.7 Å². The van der Waals surface area contributed by atoms with Gasteiger partial charge >= 0.3 is 0 Å². The molecule has 1 aliphatic rings. The summed E-state index contributed by atoms with van der Waals surface area (Å²) in [6.45, 7) is 4.92. The topological polar surface area (TPSA) is 46.9 Å². The Kier molecular flexibility index (Phi) is 5.06. The van der Waals surface area contributed by atoms with Crippen LogP contribution in [0.3, 0.4) is 0 Å². The summed E-state index contributed by atoms with van der Waals surface area (Å²) in [5, 5.41) is 3.91. The molecule has 1 N–H and O–H groups in total. The van der Waals surface area contributed by atoms with Crippen LogP contribution in [0.15, 0.2) is 41.7 Å². The van der Waals surface area contributed by atoms with Crippen molar-refractivity contribution in [2.75, 3.05) is 12.3 Å². The molecular formula is C18H23N3OS. The zero-order valence-electron chi connectivity index (χ0n) is 13.7. The van der Waals surface area contributed by atoms with Crippen LogP contribution in [0.25, 0.3) is 11.3 Å². The average Bonchev–Trinajstić information content (AvgIpc) is 3.31. The number of thioether (sulfide) groups is 1. The smallest absolute Gasteiger partial charge is 0.230 e. The van der Waals surface area contributed by atoms with Crippen LogP contribution in [0.1, 0.15) is 32.7 Å². The highest BCUT2D eigenvalue weighted by atomic mass is 32.2. The zero-order chi connectivity index (χ0) is 16.2. The van der Waals surface area contributed by atoms with Crippen molar-refractivity contribution in [1.82, 2.24) is 14.9 Å². The van der Waals surface area contributed by atoms with E-state index < -0.39 is 0 Å². The fraction of sp³-hybridized carbons (Fsp3) is 0.444. The molecule has 0 unspecified atom stereocenters. The van der Waals surface area contributed by atoms with Gasteiger partial charge in [-0.1, -0.05) is 55.9 Å². The van der Waals surface area contributed by atoms with Gasteiger partial charge in [0.25, 0.3) is 0 Å². The van der Waals surface area contributed by atoms with Crippen LogP contribution >= 0.6 is 11.8 Å². The molecule has 5 heteroatoms. The van der Waals surface area contributed by atoms with E-state index in [9.17, 15) is 4.79 Å². The fourth-order valence-corrected chi connectivity index (χ4v) is 3.33. The number of aromatic nitrogens is 2. The van der Waals surface area contributed by atoms with Crippen LogP contribution < -0.4 is 5.32 Å². The second kappa shape index (κ2) is 7.21. The van der Waals surface area contributed by atoms with Gasteiger partial charge in [-0.15, -0.1) is 0 Å². The number of nitrogens with zero attached hydrogens (tertiary/aromatic N) is 2. The molecule has 122 valence electrons. The van der Waals surface area contributed by atoms with Gasteiger partial charge in [0.05, 0.1) is 17.6 Å². The van der Waals surface area contributed by atoms with E-state index in [0.717, 1.165) is 17.4 Å². The minimum Gasteiger partial charge on any atom is -0.355 e. The van der Waals surface area contributed by atoms with E-state index in [1.165, 1.54) is 30.2 Å². The Balaban J connectivity index is 1.71. The number of benzene rings is 1. The molecule has 23 heavy (non-hydrogen) atoms. The molecule has 3 rings (SSSR count). The lowest BCUT2D eigenvalue weighted by molar-refractivity contribution is -0.118. The summed E-state index contributed by atoms with van der Waals surface area (Å²) in [5.74, 6) is 0.974. The summed E-state index contributed by atoms with van der Waals surface area (Å²) in [5.41, 5.74) is 2.33. The second-order valence-corrected chi connectivity index (χ2v) is 7.32. The van der Waals surface area contributed by atoms with Crippen LogP contribution in [0, 0.1) is 5.92 Å². The van der Waals surface area contributed by atoms with Crippen LogP contribution in [-0.4, -0.2) is 27.8 Å². The van der Waals surface area contributed by atoms with Crippen molar-refractivity contribution in [3.8, 4) is 11.3 Å². The summed E-state index contributed by atoms with van der Waals surface area (Å²) in [4.78, 5) is 16.5. The maximum absolute atomic E-state index is 11.9. The molecule has 2 aromatic rings. The average molecular weight is 329 g/mol. The van der Waals surface area contributed by atoms with Gasteiger partial charge in [0, 0.05) is 12.6 Å². The van der Waals surface area contributed by atoms with Crippen LogP contribution in [0.5, 0.6) is 0 Å². The van der Waals surface area contributed by atoms with Gasteiger partial charge in [-0.25, -0.2) is 4.98 Å². The van der Waals surface area contributed by atoms with Crippen molar-refractivity contribution in [1.29, 1.82) is 0 Å². The van der Waals surface area contributed by atoms with Gasteiger partial charge in [0.1, 0.15) is 0 Å². The van der Waals surface area contributed by atoms with E-state index in [0.29, 0.717) is 17.7 Å². The molecule has 0 aliphatic heterocycles. The quantitative estimate of drug-likeness (QED) is 0.787. The van der Waals surface area contributed by atoms with Gasteiger partial charge in [0.15, 0.2) is 5.16 Å². The van der Waals surface area contributed by atoms with Crippen LogP contribution in [0.2, 0.25) is 0 Å². The molecule has 1 aromatic heterocycles. The standard InChI is InChI=1S/C18H23N3OS/c1-13(2)10-19-17(22)12-23-18-20-11-16(21(18)15-8-9-15)14-6-4-3-5-7-14/h3-7,11,13,15H,8-10,12H2,1-2H3,(H,19,22). The third kappa shape index (κ3) is 4.16. The highest BCUT2D eigenvalue weighted by Gasteiger charge is 2.29. The van der Waals surface area contributed by atoms with E-state index in [2.05, 4.69) is 40.8 Å².